The molecule has 158 valence electrons. The molecule has 2 aliphatic heterocycles. The lowest BCUT2D eigenvalue weighted by Crippen LogP contribution is -2.27. The molecule has 6 nitrogen and oxygen atoms in total. The van der Waals surface area contributed by atoms with E-state index in [9.17, 15) is 4.39 Å². The summed E-state index contributed by atoms with van der Waals surface area (Å²) in [4.78, 5) is 2.48. The van der Waals surface area contributed by atoms with Gasteiger partial charge in [0.1, 0.15) is 11.6 Å². The van der Waals surface area contributed by atoms with Crippen molar-refractivity contribution in [3.63, 3.8) is 0 Å². The molecule has 3 heterocycles. The number of hydrogen-bond acceptors (Lipinski definition) is 6. The van der Waals surface area contributed by atoms with E-state index in [1.807, 2.05) is 18.2 Å². The lowest BCUT2D eigenvalue weighted by Gasteiger charge is -2.20. The topological polar surface area (TPSA) is 59.5 Å². The molecule has 1 aliphatic carbocycles. The fourth-order valence-electron chi connectivity index (χ4n) is 4.67. The summed E-state index contributed by atoms with van der Waals surface area (Å²) in [5.41, 5.74) is 2.34. The van der Waals surface area contributed by atoms with Gasteiger partial charge in [-0.2, -0.15) is 0 Å². The van der Waals surface area contributed by atoms with Gasteiger partial charge in [-0.3, -0.25) is 4.90 Å². The number of aromatic nitrogens is 2. The van der Waals surface area contributed by atoms with E-state index in [1.54, 1.807) is 0 Å². The van der Waals surface area contributed by atoms with Crippen molar-refractivity contribution < 1.29 is 13.9 Å². The highest BCUT2D eigenvalue weighted by Gasteiger charge is 2.55. The lowest BCUT2D eigenvalue weighted by atomic mass is 10.1. The molecule has 2 fully saturated rings. The van der Waals surface area contributed by atoms with Crippen LogP contribution in [0.4, 0.5) is 10.2 Å². The van der Waals surface area contributed by atoms with E-state index in [-0.39, 0.29) is 5.82 Å². The first kappa shape index (κ1) is 18.8. The van der Waals surface area contributed by atoms with Crippen LogP contribution in [0.2, 0.25) is 5.02 Å². The van der Waals surface area contributed by atoms with Crippen molar-refractivity contribution in [1.82, 2.24) is 15.1 Å². The van der Waals surface area contributed by atoms with Crippen LogP contribution in [0.1, 0.15) is 5.56 Å². The lowest BCUT2D eigenvalue weighted by molar-refractivity contribution is 0.174. The molecule has 1 saturated carbocycles. The molecule has 1 aromatic heterocycles. The monoisotopic (exact) mass is 438 g/mol. The van der Waals surface area contributed by atoms with Gasteiger partial charge >= 0.3 is 0 Å². The fraction of sp³-hybridized carbons (Fsp3) is 0.304. The van der Waals surface area contributed by atoms with E-state index in [1.165, 1.54) is 23.8 Å². The van der Waals surface area contributed by atoms with Crippen LogP contribution < -0.4 is 14.8 Å². The van der Waals surface area contributed by atoms with Crippen molar-refractivity contribution in [1.29, 1.82) is 0 Å². The molecule has 1 saturated heterocycles. The first-order valence-electron chi connectivity index (χ1n) is 10.3. The van der Waals surface area contributed by atoms with Crippen LogP contribution in [-0.2, 0) is 6.54 Å². The predicted octanol–water partition coefficient (Wildman–Crippen LogP) is 4.21. The standard InChI is InChI=1S/C23H20ClFN4O2/c24-18-3-2-14(25)8-15(18)19-4-6-22(28-27-19)26-23-16-10-29(11-17(16)23)9-13-1-5-20-21(7-13)31-12-30-20/h1-8,16-17,23H,9-12H2,(H,26,28)/t16-,17+,23+. The fourth-order valence-corrected chi connectivity index (χ4v) is 4.89. The summed E-state index contributed by atoms with van der Waals surface area (Å²) in [6.07, 6.45) is 0. The quantitative estimate of drug-likeness (QED) is 0.644. The smallest absolute Gasteiger partial charge is 0.231 e. The first-order valence-corrected chi connectivity index (χ1v) is 10.7. The number of halogens is 2. The Morgan fingerprint density at radius 2 is 1.84 bits per heavy atom. The zero-order chi connectivity index (χ0) is 20.9. The van der Waals surface area contributed by atoms with Gasteiger partial charge in [0.2, 0.25) is 6.79 Å². The third kappa shape index (κ3) is 3.58. The Bertz CT molecular complexity index is 1130. The number of nitrogens with one attached hydrogen (secondary N) is 1. The van der Waals surface area contributed by atoms with Gasteiger partial charge in [-0.1, -0.05) is 17.7 Å². The second kappa shape index (κ2) is 7.35. The van der Waals surface area contributed by atoms with Gasteiger partial charge in [-0.25, -0.2) is 4.39 Å². The molecule has 3 atom stereocenters. The first-order chi connectivity index (χ1) is 15.1. The van der Waals surface area contributed by atoms with Gasteiger partial charge in [0, 0.05) is 31.2 Å². The second-order valence-corrected chi connectivity index (χ2v) is 8.71. The number of ether oxygens (including phenoxy) is 2. The van der Waals surface area contributed by atoms with Crippen LogP contribution in [0.3, 0.4) is 0 Å². The summed E-state index contributed by atoms with van der Waals surface area (Å²) in [7, 11) is 0. The summed E-state index contributed by atoms with van der Waals surface area (Å²) in [5, 5.41) is 12.5. The third-order valence-corrected chi connectivity index (χ3v) is 6.63. The highest BCUT2D eigenvalue weighted by Crippen LogP contribution is 2.47. The van der Waals surface area contributed by atoms with Crippen molar-refractivity contribution in [2.45, 2.75) is 12.6 Å². The summed E-state index contributed by atoms with van der Waals surface area (Å²) in [6.45, 7) is 3.33. The number of piperidine rings is 1. The minimum atomic E-state index is -0.348. The molecule has 0 unspecified atom stereocenters. The molecule has 1 N–H and O–H groups in total. The van der Waals surface area contributed by atoms with E-state index < -0.39 is 0 Å². The van der Waals surface area contributed by atoms with Crippen molar-refractivity contribution in [2.75, 3.05) is 25.2 Å². The predicted molar refractivity (Wildman–Crippen MR) is 115 cm³/mol. The van der Waals surface area contributed by atoms with E-state index in [4.69, 9.17) is 21.1 Å². The highest BCUT2D eigenvalue weighted by atomic mass is 35.5. The number of nitrogens with zero attached hydrogens (tertiary/aromatic N) is 3. The Labute approximate surface area is 183 Å². The van der Waals surface area contributed by atoms with E-state index in [2.05, 4.69) is 32.5 Å². The van der Waals surface area contributed by atoms with E-state index in [0.29, 0.717) is 41.0 Å². The van der Waals surface area contributed by atoms with Gasteiger partial charge < -0.3 is 14.8 Å². The zero-order valence-corrected chi connectivity index (χ0v) is 17.3. The maximum absolute atomic E-state index is 13.5. The molecular weight excluding hydrogens is 419 g/mol. The third-order valence-electron chi connectivity index (χ3n) is 6.30. The average molecular weight is 439 g/mol. The molecule has 0 bridgehead atoms. The van der Waals surface area contributed by atoms with Gasteiger partial charge in [0.25, 0.3) is 0 Å². The van der Waals surface area contributed by atoms with Crippen molar-refractivity contribution >= 4 is 17.4 Å². The molecule has 8 heteroatoms. The van der Waals surface area contributed by atoms with Crippen LogP contribution in [0.25, 0.3) is 11.3 Å². The van der Waals surface area contributed by atoms with Gasteiger partial charge in [0.05, 0.1) is 10.7 Å². The Balaban J connectivity index is 1.05. The molecule has 0 spiro atoms. The van der Waals surface area contributed by atoms with Crippen LogP contribution >= 0.6 is 11.6 Å². The normalized spacial score (nSPS) is 23.6. The zero-order valence-electron chi connectivity index (χ0n) is 16.6. The molecule has 3 aromatic rings. The number of benzene rings is 2. The van der Waals surface area contributed by atoms with Crippen LogP contribution in [0, 0.1) is 17.7 Å². The molecule has 6 rings (SSSR count). The minimum absolute atomic E-state index is 0.305. The summed E-state index contributed by atoms with van der Waals surface area (Å²) >= 11 is 6.16. The van der Waals surface area contributed by atoms with Crippen molar-refractivity contribution in [2.24, 2.45) is 11.8 Å². The molecule has 0 radical (unpaired) electrons. The SMILES string of the molecule is Fc1ccc(Cl)c(-c2ccc(N[C@H]3[C@@H]4CN(Cc5ccc6c(c5)OCO6)C[C@@H]43)nn2)c1. The number of rotatable bonds is 5. The molecule has 3 aliphatic rings. The Kier molecular flexibility index (Phi) is 4.47. The van der Waals surface area contributed by atoms with Crippen LogP contribution in [0.5, 0.6) is 11.5 Å². The van der Waals surface area contributed by atoms with E-state index in [0.717, 1.165) is 37.0 Å². The minimum Gasteiger partial charge on any atom is -0.454 e. The van der Waals surface area contributed by atoms with Gasteiger partial charge in [0.15, 0.2) is 11.5 Å². The maximum atomic E-state index is 13.5. The number of anilines is 1. The molecule has 31 heavy (non-hydrogen) atoms. The summed E-state index contributed by atoms with van der Waals surface area (Å²) in [5.74, 6) is 3.28. The largest absolute Gasteiger partial charge is 0.454 e. The van der Waals surface area contributed by atoms with Gasteiger partial charge in [-0.05, 0) is 59.9 Å². The van der Waals surface area contributed by atoms with Crippen molar-refractivity contribution in [3.05, 3.63) is 64.9 Å². The number of hydrogen-bond donors (Lipinski definition) is 1. The van der Waals surface area contributed by atoms with Gasteiger partial charge in [-0.15, -0.1) is 10.2 Å². The summed E-state index contributed by atoms with van der Waals surface area (Å²) < 4.78 is 24.4. The Hall–Kier alpha value is -2.90. The number of likely N-dealkylation sites (tertiary alicyclic amines) is 1. The second-order valence-electron chi connectivity index (χ2n) is 8.31. The summed E-state index contributed by atoms with van der Waals surface area (Å²) in [6, 6.07) is 14.5. The Morgan fingerprint density at radius 1 is 1.00 bits per heavy atom. The number of fused-ring (bicyclic) bond motifs is 2. The van der Waals surface area contributed by atoms with E-state index >= 15 is 0 Å². The molecular formula is C23H20ClFN4O2. The van der Waals surface area contributed by atoms with Crippen molar-refractivity contribution in [3.8, 4) is 22.8 Å². The maximum Gasteiger partial charge on any atom is 0.231 e. The van der Waals surface area contributed by atoms with Crippen LogP contribution in [0.15, 0.2) is 48.5 Å². The molecule has 0 amide bonds. The highest BCUT2D eigenvalue weighted by molar-refractivity contribution is 6.33. The average Bonchev–Trinajstić information content (AvgIpc) is 3.14. The van der Waals surface area contributed by atoms with Crippen LogP contribution in [-0.4, -0.2) is 41.0 Å². The molecule has 2 aromatic carbocycles. The Morgan fingerprint density at radius 3 is 2.65 bits per heavy atom.